The number of amides is 1. The van der Waals surface area contributed by atoms with Crippen molar-refractivity contribution in [3.05, 3.63) is 88.2 Å². The Balaban J connectivity index is 1.54. The molecule has 0 radical (unpaired) electrons. The van der Waals surface area contributed by atoms with Gasteiger partial charge in [-0.05, 0) is 42.0 Å². The number of hydrogen-bond donors (Lipinski definition) is 0. The second-order valence-electron chi connectivity index (χ2n) is 7.86. The second kappa shape index (κ2) is 8.49. The summed E-state index contributed by atoms with van der Waals surface area (Å²) in [5, 5.41) is 1.21. The lowest BCUT2D eigenvalue weighted by Gasteiger charge is -2.20. The van der Waals surface area contributed by atoms with E-state index >= 15 is 0 Å². The smallest absolute Gasteiger partial charge is 0.227 e. The lowest BCUT2D eigenvalue weighted by Crippen LogP contribution is -2.25. The third-order valence-electron chi connectivity index (χ3n) is 5.89. The largest absolute Gasteiger partial charge is 0.495 e. The average Bonchev–Trinajstić information content (AvgIpc) is 3.36. The van der Waals surface area contributed by atoms with Gasteiger partial charge in [-0.2, -0.15) is 0 Å². The van der Waals surface area contributed by atoms with E-state index in [9.17, 15) is 4.79 Å². The third kappa shape index (κ3) is 3.72. The number of ether oxygens (including phenoxy) is 1. The van der Waals surface area contributed by atoms with Gasteiger partial charge >= 0.3 is 0 Å². The Morgan fingerprint density at radius 1 is 1.06 bits per heavy atom. The predicted octanol–water partition coefficient (Wildman–Crippen LogP) is 5.92. The van der Waals surface area contributed by atoms with Crippen LogP contribution in [0.25, 0.3) is 11.0 Å². The van der Waals surface area contributed by atoms with E-state index in [1.807, 2.05) is 60.7 Å². The molecule has 1 amide bonds. The van der Waals surface area contributed by atoms with Crippen LogP contribution in [0.5, 0.6) is 5.75 Å². The molecule has 1 aliphatic heterocycles. The van der Waals surface area contributed by atoms with Crippen LogP contribution in [0, 0.1) is 0 Å². The molecule has 1 aromatic heterocycles. The Bertz CT molecular complexity index is 1320. The summed E-state index contributed by atoms with van der Waals surface area (Å²) in [4.78, 5) is 19.7. The molecule has 0 N–H and O–H groups in total. The maximum absolute atomic E-state index is 13.0. The van der Waals surface area contributed by atoms with Crippen LogP contribution < -0.4 is 9.64 Å². The van der Waals surface area contributed by atoms with Crippen LogP contribution in [-0.2, 0) is 11.3 Å². The molecule has 1 aliphatic rings. The molecule has 162 valence electrons. The van der Waals surface area contributed by atoms with E-state index in [0.29, 0.717) is 35.3 Å². The molecule has 1 saturated heterocycles. The molecule has 2 heterocycles. The van der Waals surface area contributed by atoms with Gasteiger partial charge in [0.05, 0.1) is 30.4 Å². The highest BCUT2D eigenvalue weighted by molar-refractivity contribution is 6.35. The molecular formula is C25H21Cl2N3O2. The summed E-state index contributed by atoms with van der Waals surface area (Å²) in [7, 11) is 1.62. The second-order valence-corrected chi connectivity index (χ2v) is 8.70. The number of carbonyl (C=O) groups is 1. The molecule has 0 saturated carbocycles. The Morgan fingerprint density at radius 2 is 1.84 bits per heavy atom. The summed E-state index contributed by atoms with van der Waals surface area (Å²) in [5.41, 5.74) is 3.64. The Hall–Kier alpha value is -3.02. The van der Waals surface area contributed by atoms with Crippen LogP contribution in [0.1, 0.15) is 23.7 Å². The number of nitrogens with zero attached hydrogens (tertiary/aromatic N) is 3. The Kier molecular flexibility index (Phi) is 5.53. The summed E-state index contributed by atoms with van der Waals surface area (Å²) >= 11 is 12.6. The summed E-state index contributed by atoms with van der Waals surface area (Å²) in [6, 6.07) is 21.1. The molecule has 1 atom stereocenters. The fourth-order valence-electron chi connectivity index (χ4n) is 4.36. The number of methoxy groups -OCH3 is 1. The van der Waals surface area contributed by atoms with Crippen molar-refractivity contribution in [2.45, 2.75) is 18.9 Å². The number of aromatic nitrogens is 2. The lowest BCUT2D eigenvalue weighted by molar-refractivity contribution is -0.117. The van der Waals surface area contributed by atoms with Crippen LogP contribution in [0.4, 0.5) is 5.69 Å². The first-order valence-corrected chi connectivity index (χ1v) is 11.1. The molecule has 5 rings (SSSR count). The van der Waals surface area contributed by atoms with E-state index in [2.05, 4.69) is 4.57 Å². The van der Waals surface area contributed by atoms with Gasteiger partial charge in [-0.1, -0.05) is 53.5 Å². The molecule has 1 fully saturated rings. The number of rotatable bonds is 5. The minimum atomic E-state index is -0.0501. The van der Waals surface area contributed by atoms with Gasteiger partial charge < -0.3 is 14.2 Å². The summed E-state index contributed by atoms with van der Waals surface area (Å²) < 4.78 is 7.64. The highest BCUT2D eigenvalue weighted by Gasteiger charge is 2.36. The number of benzene rings is 3. The van der Waals surface area contributed by atoms with E-state index in [1.54, 1.807) is 18.1 Å². The number of carbonyl (C=O) groups excluding carboxylic acids is 1. The Labute approximate surface area is 196 Å². The standard InChI is InChI=1S/C25H21Cl2N3O2/c1-32-23-9-5-4-8-22(23)29-15-17(12-24(29)31)25-28-20-6-2-3-7-21(20)30(25)14-16-10-11-18(26)13-19(16)27/h2-11,13,17H,12,14-15H2,1H3/t17-/m0/s1. The molecule has 0 spiro atoms. The molecule has 32 heavy (non-hydrogen) atoms. The summed E-state index contributed by atoms with van der Waals surface area (Å²) in [6.07, 6.45) is 0.385. The van der Waals surface area contributed by atoms with Gasteiger partial charge in [0.15, 0.2) is 0 Å². The van der Waals surface area contributed by atoms with Crippen molar-refractivity contribution in [2.75, 3.05) is 18.6 Å². The summed E-state index contributed by atoms with van der Waals surface area (Å²) in [5.74, 6) is 1.57. The molecule has 0 bridgehead atoms. The van der Waals surface area contributed by atoms with Crippen molar-refractivity contribution in [1.82, 2.24) is 9.55 Å². The first-order chi connectivity index (χ1) is 15.5. The maximum atomic E-state index is 13.0. The zero-order valence-electron chi connectivity index (χ0n) is 17.5. The SMILES string of the molecule is COc1ccccc1N1C[C@@H](c2nc3ccccc3n2Cc2ccc(Cl)cc2Cl)CC1=O. The number of halogens is 2. The van der Waals surface area contributed by atoms with Crippen molar-refractivity contribution < 1.29 is 9.53 Å². The van der Waals surface area contributed by atoms with E-state index in [0.717, 1.165) is 28.1 Å². The number of imidazole rings is 1. The van der Waals surface area contributed by atoms with Gasteiger partial charge in [0.25, 0.3) is 0 Å². The van der Waals surface area contributed by atoms with Crippen LogP contribution in [0.2, 0.25) is 10.0 Å². The minimum Gasteiger partial charge on any atom is -0.495 e. The predicted molar refractivity (Wildman–Crippen MR) is 128 cm³/mol. The van der Waals surface area contributed by atoms with Gasteiger partial charge in [-0.25, -0.2) is 4.98 Å². The van der Waals surface area contributed by atoms with Crippen molar-refractivity contribution in [1.29, 1.82) is 0 Å². The van der Waals surface area contributed by atoms with E-state index in [1.165, 1.54) is 0 Å². The first-order valence-electron chi connectivity index (χ1n) is 10.4. The van der Waals surface area contributed by atoms with Crippen LogP contribution in [-0.4, -0.2) is 29.1 Å². The van der Waals surface area contributed by atoms with Crippen LogP contribution in [0.15, 0.2) is 66.7 Å². The Morgan fingerprint density at radius 3 is 2.66 bits per heavy atom. The van der Waals surface area contributed by atoms with Crippen LogP contribution >= 0.6 is 23.2 Å². The van der Waals surface area contributed by atoms with Crippen molar-refractivity contribution in [3.63, 3.8) is 0 Å². The minimum absolute atomic E-state index is 0.0501. The monoisotopic (exact) mass is 465 g/mol. The summed E-state index contributed by atoms with van der Waals surface area (Å²) in [6.45, 7) is 1.09. The maximum Gasteiger partial charge on any atom is 0.227 e. The van der Waals surface area contributed by atoms with Crippen molar-refractivity contribution in [2.24, 2.45) is 0 Å². The van der Waals surface area contributed by atoms with Gasteiger partial charge in [0.1, 0.15) is 11.6 Å². The molecule has 0 unspecified atom stereocenters. The first kappa shape index (κ1) is 20.9. The average molecular weight is 466 g/mol. The molecule has 0 aliphatic carbocycles. The number of fused-ring (bicyclic) bond motifs is 1. The fraction of sp³-hybridized carbons (Fsp3) is 0.200. The van der Waals surface area contributed by atoms with E-state index in [4.69, 9.17) is 32.9 Å². The normalized spacial score (nSPS) is 16.2. The lowest BCUT2D eigenvalue weighted by atomic mass is 10.1. The number of hydrogen-bond acceptors (Lipinski definition) is 3. The van der Waals surface area contributed by atoms with Gasteiger partial charge in [0.2, 0.25) is 5.91 Å². The molecular weight excluding hydrogens is 445 g/mol. The van der Waals surface area contributed by atoms with Gasteiger partial charge in [-0.3, -0.25) is 4.79 Å². The zero-order valence-corrected chi connectivity index (χ0v) is 19.0. The fourth-order valence-corrected chi connectivity index (χ4v) is 4.83. The van der Waals surface area contributed by atoms with Crippen molar-refractivity contribution in [3.8, 4) is 5.75 Å². The molecule has 5 nitrogen and oxygen atoms in total. The molecule has 3 aromatic carbocycles. The van der Waals surface area contributed by atoms with Gasteiger partial charge in [-0.15, -0.1) is 0 Å². The topological polar surface area (TPSA) is 47.4 Å². The number of para-hydroxylation sites is 4. The highest BCUT2D eigenvalue weighted by Crippen LogP contribution is 2.37. The third-order valence-corrected chi connectivity index (χ3v) is 6.48. The number of anilines is 1. The molecule has 7 heteroatoms. The zero-order chi connectivity index (χ0) is 22.2. The van der Waals surface area contributed by atoms with Crippen molar-refractivity contribution >= 4 is 45.8 Å². The quantitative estimate of drug-likeness (QED) is 0.367. The van der Waals surface area contributed by atoms with Crippen LogP contribution in [0.3, 0.4) is 0 Å². The van der Waals surface area contributed by atoms with E-state index in [-0.39, 0.29) is 11.8 Å². The van der Waals surface area contributed by atoms with Gasteiger partial charge in [0, 0.05) is 28.9 Å². The highest BCUT2D eigenvalue weighted by atomic mass is 35.5. The molecule has 4 aromatic rings. The van der Waals surface area contributed by atoms with E-state index < -0.39 is 0 Å².